The van der Waals surface area contributed by atoms with E-state index in [1.165, 1.54) is 0 Å². The van der Waals surface area contributed by atoms with Gasteiger partial charge in [-0.15, -0.1) is 0 Å². The Morgan fingerprint density at radius 2 is 1.93 bits per heavy atom. The second-order valence-corrected chi connectivity index (χ2v) is 6.87. The van der Waals surface area contributed by atoms with E-state index in [9.17, 15) is 4.79 Å². The van der Waals surface area contributed by atoms with Gasteiger partial charge in [-0.2, -0.15) is 0 Å². The molecule has 1 fully saturated rings. The number of benzene rings is 2. The minimum absolute atomic E-state index is 0.0955. The van der Waals surface area contributed by atoms with E-state index in [0.717, 1.165) is 24.0 Å². The fourth-order valence-corrected chi connectivity index (χ4v) is 3.17. The maximum atomic E-state index is 12.6. The summed E-state index contributed by atoms with van der Waals surface area (Å²) in [6, 6.07) is 15.5. The minimum Gasteiger partial charge on any atom is -0.493 e. The van der Waals surface area contributed by atoms with E-state index < -0.39 is 0 Å². The van der Waals surface area contributed by atoms with Gasteiger partial charge in [0.1, 0.15) is 12.3 Å². The molecule has 28 heavy (non-hydrogen) atoms. The number of methoxy groups -OCH3 is 1. The van der Waals surface area contributed by atoms with Crippen LogP contribution in [-0.4, -0.2) is 29.6 Å². The van der Waals surface area contributed by atoms with E-state index in [2.05, 4.69) is 12.2 Å². The Balaban J connectivity index is 1.74. The Morgan fingerprint density at radius 3 is 2.64 bits per heavy atom. The number of nitrogens with one attached hydrogen (secondary N) is 1. The number of hydrogen-bond donors (Lipinski definition) is 1. The summed E-state index contributed by atoms with van der Waals surface area (Å²) in [5.41, 5.74) is 2.39. The Kier molecular flexibility index (Phi) is 6.66. The molecule has 0 spiro atoms. The number of hydrogen-bond acceptors (Lipinski definition) is 4. The van der Waals surface area contributed by atoms with Crippen LogP contribution >= 0.6 is 12.2 Å². The molecule has 0 bridgehead atoms. The van der Waals surface area contributed by atoms with Gasteiger partial charge in [0.15, 0.2) is 16.6 Å². The molecular weight excluding hydrogens is 372 g/mol. The van der Waals surface area contributed by atoms with Crippen molar-refractivity contribution in [2.24, 2.45) is 0 Å². The van der Waals surface area contributed by atoms with Crippen molar-refractivity contribution in [3.05, 3.63) is 65.4 Å². The van der Waals surface area contributed by atoms with Crippen LogP contribution in [0.4, 0.5) is 0 Å². The zero-order chi connectivity index (χ0) is 19.9. The van der Waals surface area contributed by atoms with Crippen molar-refractivity contribution in [3.63, 3.8) is 0 Å². The van der Waals surface area contributed by atoms with Crippen LogP contribution in [0.5, 0.6) is 11.5 Å². The van der Waals surface area contributed by atoms with Gasteiger partial charge in [0.25, 0.3) is 5.91 Å². The molecule has 1 aliphatic rings. The molecule has 0 aliphatic carbocycles. The van der Waals surface area contributed by atoms with Gasteiger partial charge in [-0.3, -0.25) is 9.69 Å². The molecule has 1 N–H and O–H groups in total. The molecule has 2 aromatic rings. The van der Waals surface area contributed by atoms with E-state index in [4.69, 9.17) is 21.7 Å². The molecule has 1 heterocycles. The number of carbonyl (C=O) groups excluding carboxylic acids is 1. The first-order chi connectivity index (χ1) is 13.6. The Hall–Kier alpha value is -2.86. The van der Waals surface area contributed by atoms with Crippen molar-refractivity contribution >= 4 is 29.3 Å². The molecule has 0 unspecified atom stereocenters. The first kappa shape index (κ1) is 19.9. The molecule has 2 aromatic carbocycles. The van der Waals surface area contributed by atoms with Crippen molar-refractivity contribution in [2.75, 3.05) is 13.7 Å². The molecule has 5 nitrogen and oxygen atoms in total. The number of carbonyl (C=O) groups is 1. The number of amides is 1. The lowest BCUT2D eigenvalue weighted by atomic mass is 10.1. The summed E-state index contributed by atoms with van der Waals surface area (Å²) >= 11 is 5.28. The molecule has 6 heteroatoms. The third-order valence-corrected chi connectivity index (χ3v) is 4.76. The summed E-state index contributed by atoms with van der Waals surface area (Å²) in [4.78, 5) is 14.2. The Bertz CT molecular complexity index is 881. The lowest BCUT2D eigenvalue weighted by Crippen LogP contribution is -2.31. The molecular formula is C22H24N2O3S. The van der Waals surface area contributed by atoms with Crippen molar-refractivity contribution < 1.29 is 14.3 Å². The highest BCUT2D eigenvalue weighted by Crippen LogP contribution is 2.30. The first-order valence-corrected chi connectivity index (χ1v) is 9.72. The van der Waals surface area contributed by atoms with Crippen LogP contribution in [0.2, 0.25) is 0 Å². The van der Waals surface area contributed by atoms with E-state index in [-0.39, 0.29) is 5.91 Å². The molecule has 1 saturated heterocycles. The third kappa shape index (κ3) is 4.70. The van der Waals surface area contributed by atoms with E-state index >= 15 is 0 Å². The number of unbranched alkanes of at least 4 members (excludes halogenated alkanes) is 1. The van der Waals surface area contributed by atoms with Crippen LogP contribution in [0.25, 0.3) is 6.08 Å². The zero-order valence-corrected chi connectivity index (χ0v) is 16.9. The van der Waals surface area contributed by atoms with Crippen LogP contribution in [0.3, 0.4) is 0 Å². The summed E-state index contributed by atoms with van der Waals surface area (Å²) in [5.74, 6) is 1.17. The van der Waals surface area contributed by atoms with Crippen molar-refractivity contribution in [2.45, 2.75) is 26.4 Å². The summed E-state index contributed by atoms with van der Waals surface area (Å²) < 4.78 is 11.3. The molecule has 0 atom stereocenters. The van der Waals surface area contributed by atoms with Crippen molar-refractivity contribution in [1.82, 2.24) is 10.2 Å². The molecule has 0 aromatic heterocycles. The van der Waals surface area contributed by atoms with Crippen molar-refractivity contribution in [1.29, 1.82) is 0 Å². The summed E-state index contributed by atoms with van der Waals surface area (Å²) in [5, 5.41) is 3.46. The van der Waals surface area contributed by atoms with Crippen LogP contribution in [-0.2, 0) is 11.4 Å². The molecule has 0 saturated carbocycles. The molecule has 0 radical (unpaired) electrons. The summed E-state index contributed by atoms with van der Waals surface area (Å²) in [7, 11) is 1.60. The number of thiocarbonyl (C=S) groups is 1. The highest BCUT2D eigenvalue weighted by atomic mass is 32.1. The normalized spacial score (nSPS) is 15.1. The van der Waals surface area contributed by atoms with E-state index in [0.29, 0.717) is 35.5 Å². The quantitative estimate of drug-likeness (QED) is 0.537. The predicted molar refractivity (Wildman–Crippen MR) is 114 cm³/mol. The maximum absolute atomic E-state index is 12.6. The van der Waals surface area contributed by atoms with Gasteiger partial charge in [-0.05, 0) is 48.0 Å². The van der Waals surface area contributed by atoms with Crippen LogP contribution in [0, 0.1) is 0 Å². The fourth-order valence-electron chi connectivity index (χ4n) is 2.89. The highest BCUT2D eigenvalue weighted by Gasteiger charge is 2.29. The van der Waals surface area contributed by atoms with Crippen LogP contribution in [0.1, 0.15) is 30.9 Å². The predicted octanol–water partition coefficient (Wildman–Crippen LogP) is 4.13. The first-order valence-electron chi connectivity index (χ1n) is 9.31. The van der Waals surface area contributed by atoms with Gasteiger partial charge in [-0.1, -0.05) is 49.7 Å². The topological polar surface area (TPSA) is 50.8 Å². The lowest BCUT2D eigenvalue weighted by Gasteiger charge is -2.12. The number of nitrogens with zero attached hydrogens (tertiary/aromatic N) is 1. The molecule has 146 valence electrons. The zero-order valence-electron chi connectivity index (χ0n) is 16.1. The molecule has 3 rings (SSSR count). The van der Waals surface area contributed by atoms with E-state index in [1.807, 2.05) is 48.5 Å². The van der Waals surface area contributed by atoms with Gasteiger partial charge in [0.05, 0.1) is 7.11 Å². The standard InChI is InChI=1S/C22H24N2O3S/c1-3-4-12-24-21(25)18(23-22(24)28)13-17-10-11-19(20(14-17)26-2)27-15-16-8-6-5-7-9-16/h5-11,13-14H,3-4,12,15H2,1-2H3,(H,23,28). The summed E-state index contributed by atoms with van der Waals surface area (Å²) in [6.45, 7) is 3.17. The van der Waals surface area contributed by atoms with Gasteiger partial charge in [0.2, 0.25) is 0 Å². The fraction of sp³-hybridized carbons (Fsp3) is 0.273. The van der Waals surface area contributed by atoms with Crippen LogP contribution < -0.4 is 14.8 Å². The molecule has 1 aliphatic heterocycles. The van der Waals surface area contributed by atoms with Gasteiger partial charge < -0.3 is 14.8 Å². The third-order valence-electron chi connectivity index (χ3n) is 4.43. The largest absolute Gasteiger partial charge is 0.493 e. The summed E-state index contributed by atoms with van der Waals surface area (Å²) in [6.07, 6.45) is 3.71. The Labute approximate surface area is 170 Å². The second-order valence-electron chi connectivity index (χ2n) is 6.48. The van der Waals surface area contributed by atoms with Gasteiger partial charge in [-0.25, -0.2) is 0 Å². The average molecular weight is 397 g/mol. The minimum atomic E-state index is -0.0955. The van der Waals surface area contributed by atoms with Crippen molar-refractivity contribution in [3.8, 4) is 11.5 Å². The molecule has 1 amide bonds. The maximum Gasteiger partial charge on any atom is 0.276 e. The van der Waals surface area contributed by atoms with Crippen LogP contribution in [0.15, 0.2) is 54.2 Å². The smallest absolute Gasteiger partial charge is 0.276 e. The highest BCUT2D eigenvalue weighted by molar-refractivity contribution is 7.80. The van der Waals surface area contributed by atoms with Gasteiger partial charge >= 0.3 is 0 Å². The second kappa shape index (κ2) is 9.37. The number of rotatable bonds is 8. The monoisotopic (exact) mass is 396 g/mol. The average Bonchev–Trinajstić information content (AvgIpc) is 2.98. The Morgan fingerprint density at radius 1 is 1.14 bits per heavy atom. The number of ether oxygens (including phenoxy) is 2. The van der Waals surface area contributed by atoms with E-state index in [1.54, 1.807) is 18.1 Å². The SMILES string of the molecule is CCCCN1C(=O)C(=Cc2ccc(OCc3ccccc3)c(OC)c2)NC1=S. The van der Waals surface area contributed by atoms with Gasteiger partial charge in [0, 0.05) is 6.54 Å². The lowest BCUT2D eigenvalue weighted by molar-refractivity contribution is -0.122.